The summed E-state index contributed by atoms with van der Waals surface area (Å²) in [7, 11) is 0. The molecular formula is C21H25N3OS. The van der Waals surface area contributed by atoms with Crippen LogP contribution in [0.5, 0.6) is 5.75 Å². The van der Waals surface area contributed by atoms with E-state index in [1.54, 1.807) is 6.33 Å². The fraction of sp³-hybridized carbons (Fsp3) is 0.429. The number of rotatable bonds is 6. The molecule has 1 aromatic carbocycles. The van der Waals surface area contributed by atoms with Gasteiger partial charge in [-0.3, -0.25) is 0 Å². The highest BCUT2D eigenvalue weighted by atomic mass is 32.1. The normalized spacial score (nSPS) is 16.5. The van der Waals surface area contributed by atoms with Crippen LogP contribution in [0.4, 0.5) is 11.5 Å². The van der Waals surface area contributed by atoms with Crippen molar-refractivity contribution in [2.24, 2.45) is 5.92 Å². The Bertz CT molecular complexity index is 888. The van der Waals surface area contributed by atoms with Crippen molar-refractivity contribution in [1.29, 1.82) is 0 Å². The third-order valence-corrected chi connectivity index (χ3v) is 6.14. The minimum atomic E-state index is 0.764. The molecule has 4 rings (SSSR count). The van der Waals surface area contributed by atoms with Gasteiger partial charge in [0.25, 0.3) is 0 Å². The highest BCUT2D eigenvalue weighted by molar-refractivity contribution is 7.19. The lowest BCUT2D eigenvalue weighted by Gasteiger charge is -2.18. The lowest BCUT2D eigenvalue weighted by molar-refractivity contribution is 0.309. The third kappa shape index (κ3) is 3.54. The molecule has 1 unspecified atom stereocenters. The minimum Gasteiger partial charge on any atom is -0.494 e. The number of aromatic nitrogens is 2. The first-order chi connectivity index (χ1) is 12.7. The zero-order valence-corrected chi connectivity index (χ0v) is 16.2. The Morgan fingerprint density at radius 1 is 1.23 bits per heavy atom. The molecule has 0 amide bonds. The Labute approximate surface area is 158 Å². The molecule has 0 aliphatic heterocycles. The monoisotopic (exact) mass is 367 g/mol. The van der Waals surface area contributed by atoms with Crippen LogP contribution in [0, 0.1) is 5.92 Å². The predicted octanol–water partition coefficient (Wildman–Crippen LogP) is 5.74. The molecule has 0 bridgehead atoms. The Kier molecular flexibility index (Phi) is 5.07. The van der Waals surface area contributed by atoms with Crippen molar-refractivity contribution in [1.82, 2.24) is 9.97 Å². The molecule has 0 fully saturated rings. The molecule has 136 valence electrons. The summed E-state index contributed by atoms with van der Waals surface area (Å²) in [6.07, 6.45) is 7.44. The predicted molar refractivity (Wildman–Crippen MR) is 109 cm³/mol. The van der Waals surface area contributed by atoms with Crippen molar-refractivity contribution in [3.8, 4) is 5.75 Å². The number of hydrogen-bond acceptors (Lipinski definition) is 5. The largest absolute Gasteiger partial charge is 0.494 e. The summed E-state index contributed by atoms with van der Waals surface area (Å²) < 4.78 is 5.74. The van der Waals surface area contributed by atoms with Crippen LogP contribution in [0.1, 0.15) is 43.6 Å². The zero-order chi connectivity index (χ0) is 17.9. The van der Waals surface area contributed by atoms with Gasteiger partial charge >= 0.3 is 0 Å². The fourth-order valence-electron chi connectivity index (χ4n) is 3.48. The zero-order valence-electron chi connectivity index (χ0n) is 15.4. The van der Waals surface area contributed by atoms with Crippen LogP contribution < -0.4 is 10.1 Å². The highest BCUT2D eigenvalue weighted by Gasteiger charge is 2.23. The number of nitrogens with one attached hydrogen (secondary N) is 1. The molecule has 0 radical (unpaired) electrons. The van der Waals surface area contributed by atoms with Crippen LogP contribution in [0.2, 0.25) is 0 Å². The summed E-state index contributed by atoms with van der Waals surface area (Å²) in [6, 6.07) is 8.13. The van der Waals surface area contributed by atoms with E-state index in [4.69, 9.17) is 4.74 Å². The van der Waals surface area contributed by atoms with Gasteiger partial charge in [0.1, 0.15) is 22.7 Å². The van der Waals surface area contributed by atoms with E-state index in [-0.39, 0.29) is 0 Å². The van der Waals surface area contributed by atoms with Gasteiger partial charge in [-0.15, -0.1) is 11.3 Å². The standard InChI is InChI=1S/C21H25N3OS/c1-3-4-11-25-16-8-6-15(7-9-16)24-20-19-17-10-5-14(2)12-18(17)26-21(19)23-13-22-20/h6-9,13-14H,3-5,10-12H2,1-2H3,(H,22,23,24). The van der Waals surface area contributed by atoms with Crippen LogP contribution in [-0.2, 0) is 12.8 Å². The Morgan fingerprint density at radius 3 is 2.88 bits per heavy atom. The summed E-state index contributed by atoms with van der Waals surface area (Å²) >= 11 is 1.83. The number of aryl methyl sites for hydroxylation is 1. The summed E-state index contributed by atoms with van der Waals surface area (Å²) in [5.74, 6) is 2.60. The molecule has 0 saturated carbocycles. The second-order valence-electron chi connectivity index (χ2n) is 7.11. The number of benzene rings is 1. The van der Waals surface area contributed by atoms with Crippen LogP contribution >= 0.6 is 11.3 Å². The molecule has 1 atom stereocenters. The molecule has 4 nitrogen and oxygen atoms in total. The van der Waals surface area contributed by atoms with Crippen LogP contribution in [0.3, 0.4) is 0 Å². The summed E-state index contributed by atoms with van der Waals surface area (Å²) in [5.41, 5.74) is 2.47. The number of fused-ring (bicyclic) bond motifs is 3. The smallest absolute Gasteiger partial charge is 0.142 e. The number of hydrogen-bond donors (Lipinski definition) is 1. The molecular weight excluding hydrogens is 342 g/mol. The van der Waals surface area contributed by atoms with E-state index >= 15 is 0 Å². The molecule has 1 aliphatic rings. The van der Waals surface area contributed by atoms with E-state index in [2.05, 4.69) is 41.3 Å². The average Bonchev–Trinajstić information content (AvgIpc) is 3.02. The highest BCUT2D eigenvalue weighted by Crippen LogP contribution is 2.40. The minimum absolute atomic E-state index is 0.764. The van der Waals surface area contributed by atoms with Crippen LogP contribution in [0.25, 0.3) is 10.2 Å². The van der Waals surface area contributed by atoms with Gasteiger partial charge in [-0.2, -0.15) is 0 Å². The number of nitrogens with zero attached hydrogens (tertiary/aromatic N) is 2. The van der Waals surface area contributed by atoms with Gasteiger partial charge in [0.05, 0.1) is 12.0 Å². The first-order valence-electron chi connectivity index (χ1n) is 9.49. The van der Waals surface area contributed by atoms with Crippen molar-refractivity contribution >= 4 is 33.1 Å². The maximum Gasteiger partial charge on any atom is 0.142 e. The number of ether oxygens (including phenoxy) is 1. The lowest BCUT2D eigenvalue weighted by atomic mass is 9.89. The van der Waals surface area contributed by atoms with Gasteiger partial charge in [0, 0.05) is 10.6 Å². The van der Waals surface area contributed by atoms with Gasteiger partial charge in [-0.05, 0) is 61.4 Å². The van der Waals surface area contributed by atoms with E-state index in [0.29, 0.717) is 0 Å². The third-order valence-electron chi connectivity index (χ3n) is 4.98. The van der Waals surface area contributed by atoms with Crippen molar-refractivity contribution < 1.29 is 4.74 Å². The van der Waals surface area contributed by atoms with Gasteiger partial charge in [-0.25, -0.2) is 9.97 Å². The Hall–Kier alpha value is -2.14. The maximum absolute atomic E-state index is 5.74. The second kappa shape index (κ2) is 7.62. The van der Waals surface area contributed by atoms with Crippen LogP contribution in [-0.4, -0.2) is 16.6 Å². The topological polar surface area (TPSA) is 47.0 Å². The molecule has 1 aliphatic carbocycles. The molecule has 0 spiro atoms. The molecule has 5 heteroatoms. The van der Waals surface area contributed by atoms with E-state index in [0.717, 1.165) is 53.9 Å². The number of unbranched alkanes of at least 4 members (excludes halogenated alkanes) is 1. The number of anilines is 2. The second-order valence-corrected chi connectivity index (χ2v) is 8.19. The van der Waals surface area contributed by atoms with Crippen molar-refractivity contribution in [3.63, 3.8) is 0 Å². The first-order valence-corrected chi connectivity index (χ1v) is 10.3. The molecule has 2 aromatic heterocycles. The number of thiophene rings is 1. The molecule has 2 heterocycles. The summed E-state index contributed by atoms with van der Waals surface area (Å²) in [5, 5.41) is 4.70. The van der Waals surface area contributed by atoms with Gasteiger partial charge in [-0.1, -0.05) is 20.3 Å². The van der Waals surface area contributed by atoms with Crippen molar-refractivity contribution in [3.05, 3.63) is 41.0 Å². The average molecular weight is 368 g/mol. The van der Waals surface area contributed by atoms with Gasteiger partial charge in [0.2, 0.25) is 0 Å². The van der Waals surface area contributed by atoms with Gasteiger partial charge < -0.3 is 10.1 Å². The Morgan fingerprint density at radius 2 is 2.08 bits per heavy atom. The van der Waals surface area contributed by atoms with E-state index in [9.17, 15) is 0 Å². The van der Waals surface area contributed by atoms with Crippen molar-refractivity contribution in [2.45, 2.75) is 46.0 Å². The quantitative estimate of drug-likeness (QED) is 0.564. The Balaban J connectivity index is 1.57. The molecule has 1 N–H and O–H groups in total. The SMILES string of the molecule is CCCCOc1ccc(Nc2ncnc3sc4c(c23)CCC(C)C4)cc1. The molecule has 0 saturated heterocycles. The fourth-order valence-corrected chi connectivity index (χ4v) is 4.83. The van der Waals surface area contributed by atoms with E-state index < -0.39 is 0 Å². The first kappa shape index (κ1) is 17.3. The van der Waals surface area contributed by atoms with Gasteiger partial charge in [0.15, 0.2) is 0 Å². The molecule has 3 aromatic rings. The molecule has 26 heavy (non-hydrogen) atoms. The lowest BCUT2D eigenvalue weighted by Crippen LogP contribution is -2.09. The summed E-state index contributed by atoms with van der Waals surface area (Å²) in [6.45, 7) is 5.28. The summed E-state index contributed by atoms with van der Waals surface area (Å²) in [4.78, 5) is 11.6. The van der Waals surface area contributed by atoms with E-state index in [1.165, 1.54) is 28.7 Å². The van der Waals surface area contributed by atoms with Crippen molar-refractivity contribution in [2.75, 3.05) is 11.9 Å². The maximum atomic E-state index is 5.74. The van der Waals surface area contributed by atoms with Crippen LogP contribution in [0.15, 0.2) is 30.6 Å². The van der Waals surface area contributed by atoms with E-state index in [1.807, 2.05) is 23.5 Å².